The van der Waals surface area contributed by atoms with E-state index in [0.29, 0.717) is 18.0 Å². The van der Waals surface area contributed by atoms with Gasteiger partial charge in [0.25, 0.3) is 0 Å². The quantitative estimate of drug-likeness (QED) is 0.522. The van der Waals surface area contributed by atoms with Crippen molar-refractivity contribution in [3.63, 3.8) is 0 Å². The number of rotatable bonds is 5. The molecule has 30 heavy (non-hydrogen) atoms. The Morgan fingerprint density at radius 1 is 0.867 bits per heavy atom. The molecule has 0 fully saturated rings. The fourth-order valence-corrected chi connectivity index (χ4v) is 5.42. The van der Waals surface area contributed by atoms with E-state index in [1.54, 1.807) is 16.4 Å². The van der Waals surface area contributed by atoms with Crippen LogP contribution in [0.25, 0.3) is 11.1 Å². The van der Waals surface area contributed by atoms with Crippen LogP contribution in [0.5, 0.6) is 0 Å². The summed E-state index contributed by atoms with van der Waals surface area (Å²) in [5, 5.41) is 0. The molecule has 3 nitrogen and oxygen atoms in total. The lowest BCUT2D eigenvalue weighted by Gasteiger charge is -2.35. The summed E-state index contributed by atoms with van der Waals surface area (Å²) in [6, 6.07) is 27.3. The van der Waals surface area contributed by atoms with Gasteiger partial charge >= 0.3 is 0 Å². The topological polar surface area (TPSA) is 37.4 Å². The van der Waals surface area contributed by atoms with E-state index < -0.39 is 10.0 Å². The van der Waals surface area contributed by atoms with Crippen LogP contribution in [0, 0.1) is 12.8 Å². The van der Waals surface area contributed by atoms with Crippen molar-refractivity contribution in [3.05, 3.63) is 114 Å². The van der Waals surface area contributed by atoms with Crippen LogP contribution in [0.3, 0.4) is 0 Å². The minimum atomic E-state index is -3.62. The molecule has 1 unspecified atom stereocenters. The predicted molar refractivity (Wildman–Crippen MR) is 123 cm³/mol. The first-order valence-electron chi connectivity index (χ1n) is 10.0. The molecule has 1 atom stereocenters. The van der Waals surface area contributed by atoms with Crippen LogP contribution in [0.4, 0.5) is 0 Å². The molecule has 0 saturated heterocycles. The molecular formula is C26H25NO2S. The van der Waals surface area contributed by atoms with Gasteiger partial charge in [0.05, 0.1) is 4.90 Å². The summed E-state index contributed by atoms with van der Waals surface area (Å²) < 4.78 is 28.5. The summed E-state index contributed by atoms with van der Waals surface area (Å²) in [6.45, 7) is 6.69. The molecule has 3 aromatic carbocycles. The van der Waals surface area contributed by atoms with E-state index >= 15 is 0 Å². The van der Waals surface area contributed by atoms with Crippen LogP contribution in [0.15, 0.2) is 102 Å². The number of sulfonamides is 1. The Kier molecular flexibility index (Phi) is 5.71. The second-order valence-corrected chi connectivity index (χ2v) is 9.52. The van der Waals surface area contributed by atoms with Gasteiger partial charge in [-0.2, -0.15) is 4.31 Å². The Hall–Kier alpha value is -2.95. The zero-order valence-corrected chi connectivity index (χ0v) is 17.8. The monoisotopic (exact) mass is 415 g/mol. The van der Waals surface area contributed by atoms with Crippen LogP contribution in [0.1, 0.15) is 16.7 Å². The van der Waals surface area contributed by atoms with Crippen molar-refractivity contribution in [2.75, 3.05) is 13.1 Å². The van der Waals surface area contributed by atoms with Crippen LogP contribution in [-0.2, 0) is 10.0 Å². The molecular weight excluding hydrogens is 390 g/mol. The van der Waals surface area contributed by atoms with Crippen molar-refractivity contribution in [2.24, 2.45) is 5.92 Å². The predicted octanol–water partition coefficient (Wildman–Crippen LogP) is 5.41. The lowest BCUT2D eigenvalue weighted by atomic mass is 9.83. The van der Waals surface area contributed by atoms with E-state index in [0.717, 1.165) is 27.8 Å². The Labute approximate surface area is 179 Å². The standard InChI is InChI=1S/C26H25NO2S/c1-3-21-18-27(30(28,29)24-16-14-20(2)15-17-24)19-25(22-10-6-4-7-11-22)26(21)23-12-8-5-9-13-23/h3-17,21H,1,18-19H2,2H3. The maximum atomic E-state index is 13.4. The summed E-state index contributed by atoms with van der Waals surface area (Å²) in [6.07, 6.45) is 1.86. The molecule has 0 aliphatic carbocycles. The van der Waals surface area contributed by atoms with Gasteiger partial charge in [-0.25, -0.2) is 8.42 Å². The Morgan fingerprint density at radius 2 is 1.43 bits per heavy atom. The minimum Gasteiger partial charge on any atom is -0.207 e. The highest BCUT2D eigenvalue weighted by atomic mass is 32.2. The number of nitrogens with zero attached hydrogens (tertiary/aromatic N) is 1. The smallest absolute Gasteiger partial charge is 0.207 e. The first-order valence-corrected chi connectivity index (χ1v) is 11.5. The third kappa shape index (κ3) is 3.89. The van der Waals surface area contributed by atoms with Gasteiger partial charge in [0.1, 0.15) is 0 Å². The van der Waals surface area contributed by atoms with E-state index in [9.17, 15) is 8.42 Å². The molecule has 0 radical (unpaired) electrons. The SMILES string of the molecule is C=CC1CN(S(=O)(=O)c2ccc(C)cc2)CC(c2ccccc2)=C1c1ccccc1. The molecule has 0 saturated carbocycles. The molecule has 4 rings (SSSR count). The van der Waals surface area contributed by atoms with Gasteiger partial charge in [-0.3, -0.25) is 0 Å². The largest absolute Gasteiger partial charge is 0.243 e. The van der Waals surface area contributed by atoms with E-state index in [1.165, 1.54) is 0 Å². The Balaban J connectivity index is 1.85. The highest BCUT2D eigenvalue weighted by molar-refractivity contribution is 7.89. The zero-order valence-electron chi connectivity index (χ0n) is 17.0. The Morgan fingerprint density at radius 3 is 2.00 bits per heavy atom. The van der Waals surface area contributed by atoms with Crippen LogP contribution in [-0.4, -0.2) is 25.8 Å². The maximum absolute atomic E-state index is 13.4. The molecule has 152 valence electrons. The highest BCUT2D eigenvalue weighted by Crippen LogP contribution is 2.39. The van der Waals surface area contributed by atoms with Crippen molar-refractivity contribution < 1.29 is 8.42 Å². The van der Waals surface area contributed by atoms with Gasteiger partial charge in [-0.05, 0) is 41.3 Å². The van der Waals surface area contributed by atoms with E-state index in [-0.39, 0.29) is 5.92 Å². The molecule has 3 aromatic rings. The van der Waals surface area contributed by atoms with Crippen LogP contribution < -0.4 is 0 Å². The molecule has 1 heterocycles. The fraction of sp³-hybridized carbons (Fsp3) is 0.154. The summed E-state index contributed by atoms with van der Waals surface area (Å²) in [4.78, 5) is 0.325. The normalized spacial score (nSPS) is 17.7. The lowest BCUT2D eigenvalue weighted by molar-refractivity contribution is 0.420. The first kappa shape index (κ1) is 20.3. The summed E-state index contributed by atoms with van der Waals surface area (Å²) in [5.41, 5.74) is 5.34. The minimum absolute atomic E-state index is 0.100. The molecule has 0 aromatic heterocycles. The maximum Gasteiger partial charge on any atom is 0.243 e. The highest BCUT2D eigenvalue weighted by Gasteiger charge is 2.34. The van der Waals surface area contributed by atoms with E-state index in [1.807, 2.05) is 73.7 Å². The van der Waals surface area contributed by atoms with Crippen molar-refractivity contribution in [2.45, 2.75) is 11.8 Å². The van der Waals surface area contributed by atoms with E-state index in [2.05, 4.69) is 18.7 Å². The van der Waals surface area contributed by atoms with Crippen LogP contribution in [0.2, 0.25) is 0 Å². The number of hydrogen-bond donors (Lipinski definition) is 0. The Bertz CT molecular complexity index is 1160. The van der Waals surface area contributed by atoms with Crippen molar-refractivity contribution in [1.29, 1.82) is 0 Å². The molecule has 0 spiro atoms. The molecule has 0 amide bonds. The average Bonchev–Trinajstić information content (AvgIpc) is 2.79. The molecule has 4 heteroatoms. The number of aryl methyl sites for hydroxylation is 1. The van der Waals surface area contributed by atoms with Gasteiger partial charge in [-0.15, -0.1) is 6.58 Å². The van der Waals surface area contributed by atoms with Crippen LogP contribution >= 0.6 is 0 Å². The molecule has 0 bridgehead atoms. The summed E-state index contributed by atoms with van der Waals surface area (Å²) >= 11 is 0. The second-order valence-electron chi connectivity index (χ2n) is 7.58. The third-order valence-electron chi connectivity index (χ3n) is 5.58. The third-order valence-corrected chi connectivity index (χ3v) is 7.41. The molecule has 0 N–H and O–H groups in total. The first-order chi connectivity index (χ1) is 14.5. The van der Waals surface area contributed by atoms with Crippen molar-refractivity contribution in [3.8, 4) is 0 Å². The van der Waals surface area contributed by atoms with Crippen molar-refractivity contribution in [1.82, 2.24) is 4.31 Å². The summed E-state index contributed by atoms with van der Waals surface area (Å²) in [5.74, 6) is -0.100. The average molecular weight is 416 g/mol. The summed E-state index contributed by atoms with van der Waals surface area (Å²) in [7, 11) is -3.62. The lowest BCUT2D eigenvalue weighted by Crippen LogP contribution is -2.40. The van der Waals surface area contributed by atoms with Gasteiger partial charge in [0.2, 0.25) is 10.0 Å². The number of benzene rings is 3. The zero-order chi connectivity index (χ0) is 21.1. The van der Waals surface area contributed by atoms with E-state index in [4.69, 9.17) is 0 Å². The van der Waals surface area contributed by atoms with Gasteiger partial charge in [0, 0.05) is 19.0 Å². The number of hydrogen-bond acceptors (Lipinski definition) is 2. The molecule has 1 aliphatic rings. The van der Waals surface area contributed by atoms with Gasteiger partial charge in [-0.1, -0.05) is 84.4 Å². The fourth-order valence-electron chi connectivity index (χ4n) is 3.99. The van der Waals surface area contributed by atoms with Gasteiger partial charge < -0.3 is 0 Å². The van der Waals surface area contributed by atoms with Gasteiger partial charge in [0.15, 0.2) is 0 Å². The molecule has 1 aliphatic heterocycles. The second kappa shape index (κ2) is 8.42. The van der Waals surface area contributed by atoms with Crippen molar-refractivity contribution >= 4 is 21.2 Å².